The van der Waals surface area contributed by atoms with Crippen molar-refractivity contribution in [1.82, 2.24) is 9.55 Å². The lowest BCUT2D eigenvalue weighted by Crippen LogP contribution is -2.24. The predicted octanol–water partition coefficient (Wildman–Crippen LogP) is 3.17. The minimum atomic E-state index is -0.712. The van der Waals surface area contributed by atoms with Gasteiger partial charge in [0.15, 0.2) is 0 Å². The third-order valence-electron chi connectivity index (χ3n) is 4.83. The number of rotatable bonds is 5. The van der Waals surface area contributed by atoms with Gasteiger partial charge in [0.25, 0.3) is 0 Å². The highest BCUT2D eigenvalue weighted by molar-refractivity contribution is 5.83. The molecule has 2 aromatic rings. The zero-order valence-corrected chi connectivity index (χ0v) is 13.8. The van der Waals surface area contributed by atoms with E-state index in [4.69, 9.17) is 16.9 Å². The largest absolute Gasteiger partial charge is 0.383 e. The molecule has 0 atom stereocenters. The molecule has 0 bridgehead atoms. The molecule has 0 saturated heterocycles. The number of imidazole rings is 1. The zero-order valence-electron chi connectivity index (χ0n) is 13.8. The number of hydrogen-bond acceptors (Lipinski definition) is 5. The fourth-order valence-electron chi connectivity index (χ4n) is 3.39. The quantitative estimate of drug-likeness (QED) is 0.623. The second-order valence-corrected chi connectivity index (χ2v) is 6.35. The van der Waals surface area contributed by atoms with Gasteiger partial charge in [0.2, 0.25) is 5.95 Å². The maximum Gasteiger partial charge on any atom is 0.210 e. The lowest BCUT2D eigenvalue weighted by molar-refractivity contribution is 0.283. The molecule has 0 aliphatic heterocycles. The lowest BCUT2D eigenvalue weighted by Gasteiger charge is -2.30. The Kier molecular flexibility index (Phi) is 4.98. The van der Waals surface area contributed by atoms with E-state index in [0.717, 1.165) is 31.9 Å². The molecule has 1 aliphatic rings. The molecule has 1 aromatic carbocycles. The van der Waals surface area contributed by atoms with E-state index < -0.39 is 11.6 Å². The van der Waals surface area contributed by atoms with Crippen LogP contribution in [0.5, 0.6) is 0 Å². The van der Waals surface area contributed by atoms with Crippen molar-refractivity contribution in [3.63, 3.8) is 0 Å². The topological polar surface area (TPSA) is 106 Å². The number of benzene rings is 1. The van der Waals surface area contributed by atoms with Gasteiger partial charge >= 0.3 is 0 Å². The molecule has 1 fully saturated rings. The Morgan fingerprint density at radius 3 is 2.44 bits per heavy atom. The molecule has 1 heterocycles. The molecule has 134 valence electrons. The summed E-state index contributed by atoms with van der Waals surface area (Å²) in [7, 11) is 0. The Morgan fingerprint density at radius 1 is 1.24 bits per heavy atom. The van der Waals surface area contributed by atoms with E-state index in [-0.39, 0.29) is 23.4 Å². The predicted molar refractivity (Wildman–Crippen MR) is 94.2 cm³/mol. The van der Waals surface area contributed by atoms with Gasteiger partial charge in [-0.2, -0.15) is 0 Å². The van der Waals surface area contributed by atoms with Crippen molar-refractivity contribution < 1.29 is 8.78 Å². The Hall–Kier alpha value is -2.48. The van der Waals surface area contributed by atoms with Crippen LogP contribution in [0.1, 0.15) is 37.4 Å². The summed E-state index contributed by atoms with van der Waals surface area (Å²) in [6.07, 6.45) is 4.68. The number of nitrogens with two attached hydrogens (primary N) is 2. The van der Waals surface area contributed by atoms with Crippen LogP contribution in [0.3, 0.4) is 0 Å². The zero-order chi connectivity index (χ0) is 18.0. The molecule has 0 spiro atoms. The minimum Gasteiger partial charge on any atom is -0.383 e. The smallest absolute Gasteiger partial charge is 0.210 e. The molecule has 25 heavy (non-hydrogen) atoms. The second-order valence-electron chi connectivity index (χ2n) is 6.35. The summed E-state index contributed by atoms with van der Waals surface area (Å²) < 4.78 is 29.7. The average molecular weight is 348 g/mol. The minimum absolute atomic E-state index is 0.0568. The van der Waals surface area contributed by atoms with Crippen LogP contribution >= 0.6 is 0 Å². The van der Waals surface area contributed by atoms with Gasteiger partial charge in [-0.25, -0.2) is 13.8 Å². The van der Waals surface area contributed by atoms with Crippen LogP contribution in [0, 0.1) is 23.0 Å². The van der Waals surface area contributed by atoms with Crippen molar-refractivity contribution in [3.05, 3.63) is 35.5 Å². The number of aromatic nitrogens is 2. The first-order valence-corrected chi connectivity index (χ1v) is 8.34. The summed E-state index contributed by atoms with van der Waals surface area (Å²) in [5.41, 5.74) is 11.9. The van der Waals surface area contributed by atoms with E-state index in [9.17, 15) is 8.78 Å². The van der Waals surface area contributed by atoms with Crippen LogP contribution in [0.4, 0.5) is 26.2 Å². The van der Waals surface area contributed by atoms with Crippen molar-refractivity contribution in [2.24, 2.45) is 11.7 Å². The first-order chi connectivity index (χ1) is 12.0. The molecular weight excluding hydrogens is 326 g/mol. The number of para-hydroxylation sites is 1. The highest BCUT2D eigenvalue weighted by Crippen LogP contribution is 2.37. The van der Waals surface area contributed by atoms with E-state index in [1.807, 2.05) is 0 Å². The standard InChI is InChI=1S/C17H22F2N6/c18-12-2-1-3-13(19)15(12)24-17-23-14(9-21)16(22)25(17)11-6-4-10(8-20)5-7-11/h1-3,9-11,21H,4-8,20,22H2,(H,23,24)/t10-,11+. The van der Waals surface area contributed by atoms with Crippen LogP contribution in [-0.4, -0.2) is 22.3 Å². The number of hydrogen-bond donors (Lipinski definition) is 4. The van der Waals surface area contributed by atoms with Crippen LogP contribution in [0.25, 0.3) is 0 Å². The SMILES string of the molecule is N=Cc1nc(Nc2c(F)cccc2F)n([C@H]2CC[C@@H](CN)CC2)c1N. The molecule has 0 amide bonds. The van der Waals surface area contributed by atoms with Gasteiger partial charge in [0.1, 0.15) is 28.8 Å². The van der Waals surface area contributed by atoms with E-state index in [0.29, 0.717) is 18.3 Å². The Morgan fingerprint density at radius 2 is 1.88 bits per heavy atom. The maximum absolute atomic E-state index is 14.0. The van der Waals surface area contributed by atoms with Gasteiger partial charge in [0.05, 0.1) is 0 Å². The number of nitrogens with zero attached hydrogens (tertiary/aromatic N) is 2. The summed E-state index contributed by atoms with van der Waals surface area (Å²) in [5.74, 6) is -0.363. The highest BCUT2D eigenvalue weighted by Gasteiger charge is 2.27. The number of halogens is 2. The number of nitrogens with one attached hydrogen (secondary N) is 2. The number of nitrogen functional groups attached to an aromatic ring is 1. The number of anilines is 3. The molecule has 0 unspecified atom stereocenters. The van der Waals surface area contributed by atoms with Gasteiger partial charge in [-0.05, 0) is 50.3 Å². The Balaban J connectivity index is 1.95. The molecule has 1 saturated carbocycles. The summed E-state index contributed by atoms with van der Waals surface area (Å²) in [6, 6.07) is 3.70. The monoisotopic (exact) mass is 348 g/mol. The van der Waals surface area contributed by atoms with Gasteiger partial charge < -0.3 is 22.2 Å². The van der Waals surface area contributed by atoms with Gasteiger partial charge in [-0.3, -0.25) is 4.57 Å². The average Bonchev–Trinajstić information content (AvgIpc) is 2.94. The van der Waals surface area contributed by atoms with Gasteiger partial charge in [0, 0.05) is 12.3 Å². The van der Waals surface area contributed by atoms with Crippen LogP contribution in [0.15, 0.2) is 18.2 Å². The van der Waals surface area contributed by atoms with Crippen LogP contribution in [0.2, 0.25) is 0 Å². The van der Waals surface area contributed by atoms with Crippen LogP contribution < -0.4 is 16.8 Å². The first kappa shape index (κ1) is 17.3. The van der Waals surface area contributed by atoms with Gasteiger partial charge in [-0.15, -0.1) is 0 Å². The van der Waals surface area contributed by atoms with Crippen molar-refractivity contribution in [2.45, 2.75) is 31.7 Å². The second kappa shape index (κ2) is 7.18. The fraction of sp³-hybridized carbons (Fsp3) is 0.412. The van der Waals surface area contributed by atoms with Crippen molar-refractivity contribution in [1.29, 1.82) is 5.41 Å². The molecule has 0 radical (unpaired) electrons. The van der Waals surface area contributed by atoms with E-state index in [1.54, 1.807) is 4.57 Å². The normalized spacial score (nSPS) is 20.4. The Bertz CT molecular complexity index is 744. The molecular formula is C17H22F2N6. The molecule has 6 N–H and O–H groups in total. The molecule has 1 aromatic heterocycles. The van der Waals surface area contributed by atoms with E-state index in [1.165, 1.54) is 18.2 Å². The highest BCUT2D eigenvalue weighted by atomic mass is 19.1. The van der Waals surface area contributed by atoms with Crippen molar-refractivity contribution >= 4 is 23.7 Å². The third-order valence-corrected chi connectivity index (χ3v) is 4.83. The van der Waals surface area contributed by atoms with Crippen LogP contribution in [-0.2, 0) is 0 Å². The fourth-order valence-corrected chi connectivity index (χ4v) is 3.39. The Labute approximate surface area is 144 Å². The lowest BCUT2D eigenvalue weighted by atomic mass is 9.86. The summed E-state index contributed by atoms with van der Waals surface area (Å²) in [6.45, 7) is 0.656. The third kappa shape index (κ3) is 3.34. The van der Waals surface area contributed by atoms with E-state index >= 15 is 0 Å². The first-order valence-electron chi connectivity index (χ1n) is 8.34. The summed E-state index contributed by atoms with van der Waals surface area (Å²) in [5, 5.41) is 10.2. The van der Waals surface area contributed by atoms with Crippen molar-refractivity contribution in [3.8, 4) is 0 Å². The summed E-state index contributed by atoms with van der Waals surface area (Å²) >= 11 is 0. The van der Waals surface area contributed by atoms with E-state index in [2.05, 4.69) is 10.3 Å². The molecule has 1 aliphatic carbocycles. The van der Waals surface area contributed by atoms with Gasteiger partial charge in [-0.1, -0.05) is 6.07 Å². The molecule has 6 nitrogen and oxygen atoms in total. The maximum atomic E-state index is 14.0. The summed E-state index contributed by atoms with van der Waals surface area (Å²) in [4.78, 5) is 4.25. The molecule has 8 heteroatoms. The molecule has 3 rings (SSSR count). The van der Waals surface area contributed by atoms with Crippen molar-refractivity contribution in [2.75, 3.05) is 17.6 Å².